The quantitative estimate of drug-likeness (QED) is 0.665. The van der Waals surface area contributed by atoms with Gasteiger partial charge in [0.25, 0.3) is 0 Å². The van der Waals surface area contributed by atoms with Crippen molar-refractivity contribution in [1.82, 2.24) is 0 Å². The summed E-state index contributed by atoms with van der Waals surface area (Å²) in [6.45, 7) is 7.27. The number of allylic oxidation sites excluding steroid dienone is 1. The van der Waals surface area contributed by atoms with E-state index >= 15 is 0 Å². The molecule has 0 aliphatic rings. The van der Waals surface area contributed by atoms with E-state index in [0.717, 1.165) is 0 Å². The van der Waals surface area contributed by atoms with Crippen molar-refractivity contribution in [3.05, 3.63) is 12.7 Å². The Morgan fingerprint density at radius 1 is 1.58 bits per heavy atom. The van der Waals surface area contributed by atoms with Crippen LogP contribution in [0.4, 0.5) is 0 Å². The zero-order chi connectivity index (χ0) is 9.78. The van der Waals surface area contributed by atoms with Crippen LogP contribution in [-0.4, -0.2) is 13.7 Å². The molecule has 0 saturated carbocycles. The SMILES string of the molecule is C=CC[C@H](C)C(CC)S(N)(=O)=O. The van der Waals surface area contributed by atoms with Gasteiger partial charge in [0, 0.05) is 0 Å². The molecule has 4 heteroatoms. The highest BCUT2D eigenvalue weighted by molar-refractivity contribution is 7.89. The molecular formula is C8H17NO2S. The van der Waals surface area contributed by atoms with E-state index in [1.54, 1.807) is 6.08 Å². The third kappa shape index (κ3) is 3.36. The highest BCUT2D eigenvalue weighted by Gasteiger charge is 2.24. The van der Waals surface area contributed by atoms with Crippen molar-refractivity contribution < 1.29 is 8.42 Å². The fourth-order valence-electron chi connectivity index (χ4n) is 1.37. The molecule has 0 aliphatic carbocycles. The van der Waals surface area contributed by atoms with Crippen molar-refractivity contribution in [3.8, 4) is 0 Å². The van der Waals surface area contributed by atoms with E-state index in [2.05, 4.69) is 6.58 Å². The van der Waals surface area contributed by atoms with Crippen LogP contribution in [0.2, 0.25) is 0 Å². The average Bonchev–Trinajstić information content (AvgIpc) is 1.85. The lowest BCUT2D eigenvalue weighted by atomic mass is 10.0. The van der Waals surface area contributed by atoms with Crippen LogP contribution in [0.5, 0.6) is 0 Å². The fraction of sp³-hybridized carbons (Fsp3) is 0.750. The van der Waals surface area contributed by atoms with Gasteiger partial charge >= 0.3 is 0 Å². The summed E-state index contributed by atoms with van der Waals surface area (Å²) in [6, 6.07) is 0. The monoisotopic (exact) mass is 191 g/mol. The standard InChI is InChI=1S/C8H17NO2S/c1-4-6-7(3)8(5-2)12(9,10)11/h4,7-8H,1,5-6H2,2-3H3,(H2,9,10,11)/t7-,8?/m0/s1. The second kappa shape index (κ2) is 4.62. The summed E-state index contributed by atoms with van der Waals surface area (Å²) in [5.41, 5.74) is 0. The Morgan fingerprint density at radius 3 is 2.33 bits per heavy atom. The van der Waals surface area contributed by atoms with Crippen LogP contribution >= 0.6 is 0 Å². The van der Waals surface area contributed by atoms with Crippen molar-refractivity contribution >= 4 is 10.0 Å². The number of sulfonamides is 1. The minimum Gasteiger partial charge on any atom is -0.228 e. The summed E-state index contributed by atoms with van der Waals surface area (Å²) < 4.78 is 22.0. The van der Waals surface area contributed by atoms with Crippen molar-refractivity contribution in [2.45, 2.75) is 31.9 Å². The van der Waals surface area contributed by atoms with Crippen LogP contribution in [0.3, 0.4) is 0 Å². The smallest absolute Gasteiger partial charge is 0.212 e. The second-order valence-electron chi connectivity index (χ2n) is 3.04. The largest absolute Gasteiger partial charge is 0.228 e. The third-order valence-electron chi connectivity index (χ3n) is 2.00. The maximum absolute atomic E-state index is 11.0. The zero-order valence-electron chi connectivity index (χ0n) is 7.66. The van der Waals surface area contributed by atoms with E-state index in [1.165, 1.54) is 0 Å². The number of nitrogens with two attached hydrogens (primary N) is 1. The fourth-order valence-corrected chi connectivity index (χ4v) is 2.60. The van der Waals surface area contributed by atoms with E-state index in [1.807, 2.05) is 13.8 Å². The molecule has 2 atom stereocenters. The molecule has 0 radical (unpaired) electrons. The molecule has 0 aliphatic heterocycles. The Bertz CT molecular complexity index is 233. The average molecular weight is 191 g/mol. The van der Waals surface area contributed by atoms with Crippen molar-refractivity contribution in [2.24, 2.45) is 11.1 Å². The van der Waals surface area contributed by atoms with Gasteiger partial charge in [-0.2, -0.15) is 0 Å². The Hall–Kier alpha value is -0.350. The van der Waals surface area contributed by atoms with Gasteiger partial charge in [0.2, 0.25) is 10.0 Å². The lowest BCUT2D eigenvalue weighted by Gasteiger charge is -2.18. The van der Waals surface area contributed by atoms with Gasteiger partial charge in [-0.1, -0.05) is 19.9 Å². The van der Waals surface area contributed by atoms with Gasteiger partial charge in [-0.3, -0.25) is 0 Å². The molecule has 0 bridgehead atoms. The van der Waals surface area contributed by atoms with Crippen LogP contribution in [0.15, 0.2) is 12.7 Å². The summed E-state index contributed by atoms with van der Waals surface area (Å²) in [5, 5.41) is 4.62. The number of primary sulfonamides is 1. The zero-order valence-corrected chi connectivity index (χ0v) is 8.47. The van der Waals surface area contributed by atoms with Crippen LogP contribution in [0, 0.1) is 5.92 Å². The van der Waals surface area contributed by atoms with Crippen molar-refractivity contribution in [1.29, 1.82) is 0 Å². The molecule has 0 heterocycles. The maximum atomic E-state index is 11.0. The number of rotatable bonds is 5. The molecular weight excluding hydrogens is 174 g/mol. The van der Waals surface area contributed by atoms with E-state index in [0.29, 0.717) is 12.8 Å². The topological polar surface area (TPSA) is 60.2 Å². The Kier molecular flexibility index (Phi) is 4.49. The first-order chi connectivity index (χ1) is 5.43. The van der Waals surface area contributed by atoms with Gasteiger partial charge in [0.15, 0.2) is 0 Å². The number of hydrogen-bond acceptors (Lipinski definition) is 2. The first-order valence-corrected chi connectivity index (χ1v) is 5.66. The summed E-state index contributed by atoms with van der Waals surface area (Å²) in [4.78, 5) is 0. The highest BCUT2D eigenvalue weighted by atomic mass is 32.2. The lowest BCUT2D eigenvalue weighted by Crippen LogP contribution is -2.33. The molecule has 0 saturated heterocycles. The molecule has 12 heavy (non-hydrogen) atoms. The van der Waals surface area contributed by atoms with Gasteiger partial charge in [-0.05, 0) is 18.8 Å². The minimum atomic E-state index is -3.38. The van der Waals surface area contributed by atoms with Gasteiger partial charge in [-0.15, -0.1) is 6.58 Å². The predicted molar refractivity (Wildman–Crippen MR) is 51.2 cm³/mol. The first-order valence-electron chi connectivity index (χ1n) is 4.06. The summed E-state index contributed by atoms with van der Waals surface area (Å²) >= 11 is 0. The molecule has 0 amide bonds. The van der Waals surface area contributed by atoms with E-state index in [4.69, 9.17) is 5.14 Å². The van der Waals surface area contributed by atoms with Crippen LogP contribution in [0.1, 0.15) is 26.7 Å². The molecule has 3 nitrogen and oxygen atoms in total. The molecule has 0 aromatic carbocycles. The molecule has 2 N–H and O–H groups in total. The molecule has 0 spiro atoms. The summed E-state index contributed by atoms with van der Waals surface area (Å²) in [6.07, 6.45) is 2.97. The molecule has 0 fully saturated rings. The normalized spacial score (nSPS) is 16.9. The highest BCUT2D eigenvalue weighted by Crippen LogP contribution is 2.17. The van der Waals surface area contributed by atoms with Crippen LogP contribution < -0.4 is 5.14 Å². The maximum Gasteiger partial charge on any atom is 0.212 e. The van der Waals surface area contributed by atoms with Gasteiger partial charge < -0.3 is 0 Å². The van der Waals surface area contributed by atoms with Crippen LogP contribution in [0.25, 0.3) is 0 Å². The summed E-state index contributed by atoms with van der Waals surface area (Å²) in [7, 11) is -3.38. The molecule has 0 aromatic heterocycles. The Morgan fingerprint density at radius 2 is 2.08 bits per heavy atom. The second-order valence-corrected chi connectivity index (χ2v) is 4.82. The third-order valence-corrected chi connectivity index (χ3v) is 3.64. The Balaban J connectivity index is 4.45. The van der Waals surface area contributed by atoms with Gasteiger partial charge in [0.05, 0.1) is 5.25 Å². The number of hydrogen-bond donors (Lipinski definition) is 1. The molecule has 0 rings (SSSR count). The first kappa shape index (κ1) is 11.6. The van der Waals surface area contributed by atoms with E-state index in [9.17, 15) is 8.42 Å². The molecule has 1 unspecified atom stereocenters. The lowest BCUT2D eigenvalue weighted by molar-refractivity contribution is 0.499. The molecule has 72 valence electrons. The minimum absolute atomic E-state index is 0.0579. The molecule has 0 aromatic rings. The Labute approximate surface area is 74.7 Å². The van der Waals surface area contributed by atoms with Crippen LogP contribution in [-0.2, 0) is 10.0 Å². The summed E-state index contributed by atoms with van der Waals surface area (Å²) in [5.74, 6) is 0.0579. The van der Waals surface area contributed by atoms with Crippen molar-refractivity contribution in [3.63, 3.8) is 0 Å². The van der Waals surface area contributed by atoms with Crippen molar-refractivity contribution in [2.75, 3.05) is 0 Å². The van der Waals surface area contributed by atoms with E-state index < -0.39 is 15.3 Å². The van der Waals surface area contributed by atoms with E-state index in [-0.39, 0.29) is 5.92 Å². The van der Waals surface area contributed by atoms with Gasteiger partial charge in [0.1, 0.15) is 0 Å². The predicted octanol–water partition coefficient (Wildman–Crippen LogP) is 1.27. The van der Waals surface area contributed by atoms with Gasteiger partial charge in [-0.25, -0.2) is 13.6 Å².